The van der Waals surface area contributed by atoms with Crippen molar-refractivity contribution in [2.45, 2.75) is 59.3 Å². The Kier molecular flexibility index (Phi) is 164. The summed E-state index contributed by atoms with van der Waals surface area (Å²) < 4.78 is 0. The van der Waals surface area contributed by atoms with Gasteiger partial charge in [-0.2, -0.15) is 0 Å². The minimum absolute atomic E-state index is 0. The molecule has 0 amide bonds. The molecule has 3 radical (unpaired) electrons. The maximum Gasteiger partial charge on any atom is 1.00 e. The van der Waals surface area contributed by atoms with Crippen molar-refractivity contribution in [2.75, 3.05) is 6.54 Å². The second-order valence-electron chi connectivity index (χ2n) is 3.09. The molecule has 0 saturated carbocycles. The number of nitrogens with one attached hydrogen (secondary N) is 1. The molecule has 0 atom stereocenters. The van der Waals surface area contributed by atoms with Crippen LogP contribution in [0.4, 0.5) is 0 Å². The van der Waals surface area contributed by atoms with E-state index < -0.39 is 0 Å². The van der Waals surface area contributed by atoms with Crippen molar-refractivity contribution in [3.63, 3.8) is 0 Å². The fraction of sp³-hybridized carbons (Fsp3) is 0.769. The summed E-state index contributed by atoms with van der Waals surface area (Å²) in [7, 11) is 0. The van der Waals surface area contributed by atoms with Crippen molar-refractivity contribution in [3.8, 4) is 0 Å². The first-order valence-corrected chi connectivity index (χ1v) is 6.09. The standard InChI is InChI=1S/C4H11N.C4H9N.C4H8O.CN.B.H3N.Na/c3*1-2-3-4-5;1-2;;;/h2-5H2,1H3;4-5H,2-3H2,1H3;4H,2-3H2,1H3;;;1H3;/q;;;-1;;;+1. The Labute approximate surface area is 150 Å². The maximum atomic E-state index is 9.40. The van der Waals surface area contributed by atoms with Gasteiger partial charge in [-0.25, -0.2) is 0 Å². The zero-order chi connectivity index (χ0) is 14.4. The molecule has 113 valence electrons. The van der Waals surface area contributed by atoms with E-state index >= 15 is 0 Å². The molecule has 0 aromatic carbocycles. The van der Waals surface area contributed by atoms with Crippen molar-refractivity contribution in [1.82, 2.24) is 6.15 Å². The molecule has 0 aromatic rings. The zero-order valence-electron chi connectivity index (χ0n) is 13.8. The van der Waals surface area contributed by atoms with Gasteiger partial charge in [-0.05, 0) is 32.0 Å². The van der Waals surface area contributed by atoms with Crippen LogP contribution in [0.2, 0.25) is 0 Å². The van der Waals surface area contributed by atoms with Gasteiger partial charge in [0.2, 0.25) is 0 Å². The molecule has 0 aliphatic rings. The van der Waals surface area contributed by atoms with Gasteiger partial charge in [-0.1, -0.05) is 33.6 Å². The molecule has 5 nitrogen and oxygen atoms in total. The van der Waals surface area contributed by atoms with Gasteiger partial charge in [0, 0.05) is 14.8 Å². The summed E-state index contributed by atoms with van der Waals surface area (Å²) in [6, 6.07) is 0. The molecule has 6 N–H and O–H groups in total. The van der Waals surface area contributed by atoms with Gasteiger partial charge < -0.3 is 33.9 Å². The fourth-order valence-electron chi connectivity index (χ4n) is 0.466. The molecule has 0 aliphatic heterocycles. The molecule has 0 saturated heterocycles. The van der Waals surface area contributed by atoms with Gasteiger partial charge in [0.25, 0.3) is 0 Å². The van der Waals surface area contributed by atoms with E-state index in [4.69, 9.17) is 23.0 Å². The van der Waals surface area contributed by atoms with Crippen molar-refractivity contribution >= 4 is 20.9 Å². The number of hydrogen-bond donors (Lipinski definition) is 3. The smallest absolute Gasteiger partial charge is 0.512 e. The third-order valence-electron chi connectivity index (χ3n) is 1.40. The Morgan fingerprint density at radius 2 is 1.50 bits per heavy atom. The number of hydrogen-bond acceptors (Lipinski definition) is 5. The molecule has 20 heavy (non-hydrogen) atoms. The number of unbranched alkanes of at least 4 members (excludes halogenated alkanes) is 3. The van der Waals surface area contributed by atoms with Crippen LogP contribution in [-0.4, -0.2) is 27.5 Å². The average Bonchev–Trinajstić information content (AvgIpc) is 2.36. The number of rotatable bonds is 6. The van der Waals surface area contributed by atoms with Gasteiger partial charge in [0.15, 0.2) is 0 Å². The van der Waals surface area contributed by atoms with Crippen molar-refractivity contribution in [1.29, 1.82) is 10.7 Å². The molecule has 0 unspecified atom stereocenters. The third-order valence-corrected chi connectivity index (χ3v) is 1.40. The van der Waals surface area contributed by atoms with Crippen LogP contribution >= 0.6 is 0 Å². The van der Waals surface area contributed by atoms with E-state index in [9.17, 15) is 4.79 Å². The Bertz CT molecular complexity index is 138. The summed E-state index contributed by atoms with van der Waals surface area (Å²) in [5, 5.41) is 12.7. The van der Waals surface area contributed by atoms with E-state index in [1.807, 2.05) is 6.92 Å². The molecule has 0 aromatic heterocycles. The fourth-order valence-corrected chi connectivity index (χ4v) is 0.466. The number of aldehydes is 1. The molecule has 0 spiro atoms. The molecule has 0 rings (SSSR count). The summed E-state index contributed by atoms with van der Waals surface area (Å²) in [5.74, 6) is 0. The van der Waals surface area contributed by atoms with E-state index in [2.05, 4.69) is 13.8 Å². The van der Waals surface area contributed by atoms with Crippen molar-refractivity contribution < 1.29 is 34.4 Å². The first kappa shape index (κ1) is 42.7. The van der Waals surface area contributed by atoms with Crippen LogP contribution < -0.4 is 41.4 Å². The molecular weight excluding hydrogens is 262 g/mol. The second kappa shape index (κ2) is 76.8. The molecule has 0 heterocycles. The number of carbonyl (C=O) groups is 1. The Morgan fingerprint density at radius 1 is 1.10 bits per heavy atom. The number of carbonyl (C=O) groups excluding carboxylic acids is 1. The quantitative estimate of drug-likeness (QED) is 0.277. The number of nitrogens with zero attached hydrogens (tertiary/aromatic N) is 1. The Morgan fingerprint density at radius 3 is 1.50 bits per heavy atom. The van der Waals surface area contributed by atoms with Crippen LogP contribution in [0.5, 0.6) is 0 Å². The first-order chi connectivity index (χ1) is 8.24. The first-order valence-electron chi connectivity index (χ1n) is 6.09. The minimum Gasteiger partial charge on any atom is -0.512 e. The topological polar surface area (TPSA) is 126 Å². The predicted octanol–water partition coefficient (Wildman–Crippen LogP) is 0.0482. The van der Waals surface area contributed by atoms with Gasteiger partial charge in [0.05, 0.1) is 0 Å². The maximum absolute atomic E-state index is 9.40. The van der Waals surface area contributed by atoms with Crippen molar-refractivity contribution in [2.24, 2.45) is 5.73 Å². The summed E-state index contributed by atoms with van der Waals surface area (Å²) in [6.45, 7) is 11.8. The zero-order valence-corrected chi connectivity index (χ0v) is 15.8. The van der Waals surface area contributed by atoms with Crippen molar-refractivity contribution in [3.05, 3.63) is 6.57 Å². The van der Waals surface area contributed by atoms with E-state index in [1.165, 1.54) is 19.1 Å². The Hall–Kier alpha value is -0.185. The summed E-state index contributed by atoms with van der Waals surface area (Å²) in [6.07, 6.45) is 8.46. The monoisotopic (exact) mass is 293 g/mol. The van der Waals surface area contributed by atoms with E-state index in [0.29, 0.717) is 6.42 Å². The van der Waals surface area contributed by atoms with Crippen LogP contribution in [0.25, 0.3) is 0 Å². The van der Waals surface area contributed by atoms with Crippen LogP contribution in [0.1, 0.15) is 59.3 Å². The summed E-state index contributed by atoms with van der Waals surface area (Å²) in [5.41, 5.74) is 5.14. The van der Waals surface area contributed by atoms with Gasteiger partial charge in [0.1, 0.15) is 6.29 Å². The van der Waals surface area contributed by atoms with Crippen LogP contribution in [0, 0.1) is 17.2 Å². The Balaban J connectivity index is -0.0000000222. The van der Waals surface area contributed by atoms with E-state index in [1.54, 1.807) is 0 Å². The molecule has 0 bridgehead atoms. The summed E-state index contributed by atoms with van der Waals surface area (Å²) in [4.78, 5) is 9.40. The average molecular weight is 293 g/mol. The number of nitrogens with two attached hydrogens (primary N) is 1. The molecule has 0 aliphatic carbocycles. The van der Waals surface area contributed by atoms with Crippen LogP contribution in [0.3, 0.4) is 0 Å². The van der Waals surface area contributed by atoms with E-state index in [-0.39, 0.29) is 44.1 Å². The van der Waals surface area contributed by atoms with Gasteiger partial charge >= 0.3 is 29.6 Å². The molecule has 7 heteroatoms. The largest absolute Gasteiger partial charge is 1.00 e. The van der Waals surface area contributed by atoms with Crippen LogP contribution in [-0.2, 0) is 4.79 Å². The van der Waals surface area contributed by atoms with Gasteiger partial charge in [-0.15, -0.1) is 0 Å². The van der Waals surface area contributed by atoms with Gasteiger partial charge in [-0.3, -0.25) is 0 Å². The third kappa shape index (κ3) is 149. The SMILES string of the molecule is CCCC=N.CCCC=O.CCCCN.N.[B].[C-]#N.[Na+]. The van der Waals surface area contributed by atoms with E-state index in [0.717, 1.165) is 32.1 Å². The predicted molar refractivity (Wildman–Crippen MR) is 84.4 cm³/mol. The molecule has 0 fully saturated rings. The van der Waals surface area contributed by atoms with Crippen LogP contribution in [0.15, 0.2) is 0 Å². The second-order valence-corrected chi connectivity index (χ2v) is 3.09. The summed E-state index contributed by atoms with van der Waals surface area (Å²) >= 11 is 0. The minimum atomic E-state index is 0. The normalized spacial score (nSPS) is 5.90. The molecular formula is C13H31BN4NaO.